The van der Waals surface area contributed by atoms with Crippen molar-refractivity contribution in [3.05, 3.63) is 58.2 Å². The van der Waals surface area contributed by atoms with Crippen LogP contribution in [0.25, 0.3) is 10.9 Å². The number of halogens is 2. The summed E-state index contributed by atoms with van der Waals surface area (Å²) in [6.07, 6.45) is 0. The number of benzene rings is 2. The molecule has 0 amide bonds. The lowest BCUT2D eigenvalue weighted by molar-refractivity contribution is 0.388. The Kier molecular flexibility index (Phi) is 4.75. The Morgan fingerprint density at radius 3 is 2.64 bits per heavy atom. The normalized spacial score (nSPS) is 12.7. The minimum absolute atomic E-state index is 0.629. The molecule has 1 heterocycles. The van der Waals surface area contributed by atoms with E-state index in [2.05, 4.69) is 11.9 Å². The second kappa shape index (κ2) is 6.60. The summed E-state index contributed by atoms with van der Waals surface area (Å²) >= 11 is 12.6. The average Bonchev–Trinajstić information content (AvgIpc) is 2.81. The van der Waals surface area contributed by atoms with Crippen molar-refractivity contribution in [2.45, 2.75) is 13.8 Å². The van der Waals surface area contributed by atoms with Crippen LogP contribution in [0.5, 0.6) is 0 Å². The van der Waals surface area contributed by atoms with Crippen LogP contribution in [-0.2, 0) is 4.52 Å². The molecule has 1 aromatic heterocycles. The van der Waals surface area contributed by atoms with Crippen molar-refractivity contribution in [2.24, 2.45) is 0 Å². The monoisotopic (exact) mass is 351 g/mol. The zero-order valence-electron chi connectivity index (χ0n) is 12.4. The van der Waals surface area contributed by atoms with E-state index in [4.69, 9.17) is 27.7 Å². The van der Waals surface area contributed by atoms with Crippen molar-refractivity contribution in [3.8, 4) is 0 Å². The van der Waals surface area contributed by atoms with Crippen molar-refractivity contribution in [3.63, 3.8) is 0 Å². The molecule has 2 aromatic carbocycles. The first-order chi connectivity index (χ1) is 10.6. The van der Waals surface area contributed by atoms with Gasteiger partial charge in [0.2, 0.25) is 0 Å². The predicted octanol–water partition coefficient (Wildman–Crippen LogP) is 5.17. The van der Waals surface area contributed by atoms with Crippen LogP contribution in [0.1, 0.15) is 12.6 Å². The Bertz CT molecular complexity index is 816. The van der Waals surface area contributed by atoms with Crippen molar-refractivity contribution in [2.75, 3.05) is 6.61 Å². The van der Waals surface area contributed by atoms with Gasteiger partial charge in [0, 0.05) is 38.8 Å². The number of aryl methyl sites for hydroxylation is 1. The fourth-order valence-corrected chi connectivity index (χ4v) is 5.11. The summed E-state index contributed by atoms with van der Waals surface area (Å²) in [5.74, 6) is 0. The summed E-state index contributed by atoms with van der Waals surface area (Å²) in [6.45, 7) is 4.70. The molecule has 0 aliphatic heterocycles. The van der Waals surface area contributed by atoms with Gasteiger partial charge >= 0.3 is 0 Å². The van der Waals surface area contributed by atoms with E-state index >= 15 is 0 Å². The minimum atomic E-state index is -0.990. The minimum Gasteiger partial charge on any atom is -0.358 e. The fourth-order valence-electron chi connectivity index (χ4n) is 2.55. The van der Waals surface area contributed by atoms with E-state index in [0.29, 0.717) is 6.61 Å². The molecule has 0 saturated carbocycles. The van der Waals surface area contributed by atoms with Crippen molar-refractivity contribution < 1.29 is 4.52 Å². The van der Waals surface area contributed by atoms with E-state index in [1.54, 1.807) is 0 Å². The van der Waals surface area contributed by atoms with E-state index in [9.17, 15) is 0 Å². The number of H-pyrrole nitrogens is 1. The highest BCUT2D eigenvalue weighted by molar-refractivity contribution is 7.69. The second-order valence-corrected chi connectivity index (χ2v) is 7.57. The standard InChI is InChI=1S/C17H16Cl2NOP/c1-3-21-22(16-7-5-4-6-14(16)19)17-11(2)20-15-9-8-12(18)10-13(15)17/h4-10,20H,3H2,1-2H3. The molecule has 1 unspecified atom stereocenters. The van der Waals surface area contributed by atoms with Gasteiger partial charge < -0.3 is 9.51 Å². The molecule has 22 heavy (non-hydrogen) atoms. The maximum Gasteiger partial charge on any atom is 0.0956 e. The number of fused-ring (bicyclic) bond motifs is 1. The summed E-state index contributed by atoms with van der Waals surface area (Å²) in [7, 11) is -0.990. The zero-order chi connectivity index (χ0) is 15.7. The maximum atomic E-state index is 6.41. The molecule has 114 valence electrons. The molecular formula is C17H16Cl2NOP. The third kappa shape index (κ3) is 2.89. The van der Waals surface area contributed by atoms with Gasteiger partial charge in [-0.25, -0.2) is 0 Å². The van der Waals surface area contributed by atoms with E-state index in [1.807, 2.05) is 49.4 Å². The third-order valence-corrected chi connectivity index (χ3v) is 6.47. The Morgan fingerprint density at radius 1 is 1.14 bits per heavy atom. The van der Waals surface area contributed by atoms with Crippen LogP contribution in [0, 0.1) is 6.92 Å². The van der Waals surface area contributed by atoms with Crippen LogP contribution in [0.4, 0.5) is 0 Å². The summed E-state index contributed by atoms with van der Waals surface area (Å²) in [5.41, 5.74) is 2.16. The van der Waals surface area contributed by atoms with E-state index < -0.39 is 8.15 Å². The van der Waals surface area contributed by atoms with Crippen LogP contribution in [0.15, 0.2) is 42.5 Å². The number of aromatic nitrogens is 1. The molecule has 3 rings (SSSR count). The maximum absolute atomic E-state index is 6.41. The van der Waals surface area contributed by atoms with Gasteiger partial charge in [0.1, 0.15) is 0 Å². The average molecular weight is 352 g/mol. The molecule has 5 heteroatoms. The molecule has 2 nitrogen and oxygen atoms in total. The molecule has 1 N–H and O–H groups in total. The Hall–Kier alpha value is -1.05. The van der Waals surface area contributed by atoms with Crippen molar-refractivity contribution in [1.29, 1.82) is 0 Å². The first kappa shape index (κ1) is 15.8. The number of nitrogens with one attached hydrogen (secondary N) is 1. The quantitative estimate of drug-likeness (QED) is 0.644. The molecule has 0 saturated heterocycles. The first-order valence-electron chi connectivity index (χ1n) is 7.07. The van der Waals surface area contributed by atoms with Crippen LogP contribution < -0.4 is 10.6 Å². The molecule has 0 bridgehead atoms. The van der Waals surface area contributed by atoms with Gasteiger partial charge in [-0.1, -0.05) is 41.4 Å². The van der Waals surface area contributed by atoms with Crippen LogP contribution in [0.3, 0.4) is 0 Å². The third-order valence-electron chi connectivity index (χ3n) is 3.45. The Morgan fingerprint density at radius 2 is 1.91 bits per heavy atom. The number of aromatic amines is 1. The Balaban J connectivity index is 2.23. The molecule has 0 spiro atoms. The summed E-state index contributed by atoms with van der Waals surface area (Å²) in [6, 6.07) is 13.7. The van der Waals surface area contributed by atoms with Gasteiger partial charge in [-0.05, 0) is 38.1 Å². The van der Waals surface area contributed by atoms with Crippen LogP contribution >= 0.6 is 31.4 Å². The second-order valence-electron chi connectivity index (χ2n) is 4.95. The summed E-state index contributed by atoms with van der Waals surface area (Å²) in [4.78, 5) is 3.42. The van der Waals surface area contributed by atoms with Crippen molar-refractivity contribution in [1.82, 2.24) is 4.98 Å². The molecule has 0 radical (unpaired) electrons. The summed E-state index contributed by atoms with van der Waals surface area (Å²) < 4.78 is 6.10. The molecular weight excluding hydrogens is 336 g/mol. The molecule has 0 aliphatic carbocycles. The highest BCUT2D eigenvalue weighted by atomic mass is 35.5. The van der Waals surface area contributed by atoms with Crippen molar-refractivity contribution >= 4 is 52.9 Å². The number of hydrogen-bond acceptors (Lipinski definition) is 1. The predicted molar refractivity (Wildman–Crippen MR) is 97.3 cm³/mol. The van der Waals surface area contributed by atoms with Gasteiger partial charge in [0.25, 0.3) is 0 Å². The summed E-state index contributed by atoms with van der Waals surface area (Å²) in [5, 5.41) is 4.74. The number of rotatable bonds is 4. The SMILES string of the molecule is CCOP(c1ccccc1Cl)c1c(C)[nH]c2ccc(Cl)cc12. The van der Waals surface area contributed by atoms with Gasteiger partial charge in [-0.3, -0.25) is 0 Å². The lowest BCUT2D eigenvalue weighted by Gasteiger charge is -2.19. The number of hydrogen-bond donors (Lipinski definition) is 1. The smallest absolute Gasteiger partial charge is 0.0956 e. The van der Waals surface area contributed by atoms with Gasteiger partial charge in [0.05, 0.1) is 13.2 Å². The lowest BCUT2D eigenvalue weighted by Crippen LogP contribution is -2.16. The largest absolute Gasteiger partial charge is 0.358 e. The topological polar surface area (TPSA) is 25.0 Å². The molecule has 1 atom stereocenters. The molecule has 0 fully saturated rings. The fraction of sp³-hybridized carbons (Fsp3) is 0.176. The van der Waals surface area contributed by atoms with E-state index in [-0.39, 0.29) is 0 Å². The lowest BCUT2D eigenvalue weighted by atomic mass is 10.2. The van der Waals surface area contributed by atoms with E-state index in [1.165, 1.54) is 0 Å². The zero-order valence-corrected chi connectivity index (χ0v) is 14.8. The first-order valence-corrected chi connectivity index (χ1v) is 9.08. The molecule has 3 aromatic rings. The van der Waals surface area contributed by atoms with Crippen LogP contribution in [0.2, 0.25) is 10.0 Å². The van der Waals surface area contributed by atoms with Gasteiger partial charge in [-0.2, -0.15) is 0 Å². The Labute approximate surface area is 141 Å². The molecule has 0 aliphatic rings. The van der Waals surface area contributed by atoms with E-state index in [0.717, 1.165) is 37.3 Å². The highest BCUT2D eigenvalue weighted by Gasteiger charge is 2.23. The van der Waals surface area contributed by atoms with Crippen LogP contribution in [-0.4, -0.2) is 11.6 Å². The van der Waals surface area contributed by atoms with Gasteiger partial charge in [-0.15, -0.1) is 0 Å². The highest BCUT2D eigenvalue weighted by Crippen LogP contribution is 2.41. The van der Waals surface area contributed by atoms with Gasteiger partial charge in [0.15, 0.2) is 0 Å².